The predicted molar refractivity (Wildman–Crippen MR) is 84.7 cm³/mol. The van der Waals surface area contributed by atoms with Gasteiger partial charge in [-0.05, 0) is 12.1 Å². The zero-order valence-electron chi connectivity index (χ0n) is 11.5. The highest BCUT2D eigenvalue weighted by Gasteiger charge is 1.94. The van der Waals surface area contributed by atoms with Gasteiger partial charge in [-0.2, -0.15) is 10.2 Å². The van der Waals surface area contributed by atoms with E-state index in [0.29, 0.717) is 10.8 Å². The van der Waals surface area contributed by atoms with Crippen molar-refractivity contribution in [2.24, 2.45) is 0 Å². The molecule has 0 aliphatic heterocycles. The number of nitrogens with one attached hydrogen (secondary N) is 2. The van der Waals surface area contributed by atoms with Gasteiger partial charge in [0.25, 0.3) is 11.1 Å². The molecule has 0 spiro atoms. The second-order valence-electron chi connectivity index (χ2n) is 4.57. The van der Waals surface area contributed by atoms with Crippen molar-refractivity contribution in [3.05, 3.63) is 81.6 Å². The van der Waals surface area contributed by atoms with Gasteiger partial charge in [0.15, 0.2) is 0 Å². The molecule has 0 amide bonds. The first-order chi connectivity index (χ1) is 10.8. The molecule has 6 nitrogen and oxygen atoms in total. The van der Waals surface area contributed by atoms with E-state index in [1.165, 1.54) is 0 Å². The lowest BCUT2D eigenvalue weighted by Gasteiger charge is -1.91. The molecule has 0 radical (unpaired) electrons. The second-order valence-corrected chi connectivity index (χ2v) is 4.57. The molecule has 108 valence electrons. The van der Waals surface area contributed by atoms with E-state index in [-0.39, 0.29) is 11.1 Å². The number of hydrogen-bond donors (Lipinski definition) is 2. The highest BCUT2D eigenvalue weighted by Crippen LogP contribution is 2.05. The zero-order chi connectivity index (χ0) is 15.4. The summed E-state index contributed by atoms with van der Waals surface area (Å²) < 4.78 is 0. The van der Waals surface area contributed by atoms with Crippen molar-refractivity contribution in [2.75, 3.05) is 0 Å². The maximum absolute atomic E-state index is 11.1. The van der Waals surface area contributed by atoms with Gasteiger partial charge in [0, 0.05) is 21.5 Å². The van der Waals surface area contributed by atoms with Gasteiger partial charge in [-0.1, -0.05) is 36.4 Å². The van der Waals surface area contributed by atoms with Crippen LogP contribution in [-0.4, -0.2) is 20.4 Å². The second kappa shape index (κ2) is 6.01. The fraction of sp³-hybridized carbons (Fsp3) is 0. The van der Waals surface area contributed by atoms with Crippen LogP contribution in [0.4, 0.5) is 0 Å². The van der Waals surface area contributed by atoms with Gasteiger partial charge in [-0.15, -0.1) is 0 Å². The summed E-state index contributed by atoms with van der Waals surface area (Å²) in [4.78, 5) is 22.1. The van der Waals surface area contributed by atoms with Crippen LogP contribution in [-0.2, 0) is 0 Å². The van der Waals surface area contributed by atoms with Crippen LogP contribution in [0.5, 0.6) is 0 Å². The first-order valence-electron chi connectivity index (χ1n) is 6.60. The Balaban J connectivity index is 0.000000131. The Labute approximate surface area is 124 Å². The summed E-state index contributed by atoms with van der Waals surface area (Å²) in [6, 6.07) is 14.7. The van der Waals surface area contributed by atoms with E-state index in [9.17, 15) is 9.59 Å². The Morgan fingerprint density at radius 2 is 1.05 bits per heavy atom. The van der Waals surface area contributed by atoms with Gasteiger partial charge in [-0.25, -0.2) is 10.2 Å². The lowest BCUT2D eigenvalue weighted by Crippen LogP contribution is -2.06. The lowest BCUT2D eigenvalue weighted by atomic mass is 10.2. The Hall–Kier alpha value is -3.28. The first-order valence-corrected chi connectivity index (χ1v) is 6.60. The normalized spacial score (nSPS) is 10.2. The van der Waals surface area contributed by atoms with E-state index in [2.05, 4.69) is 20.4 Å². The topological polar surface area (TPSA) is 91.5 Å². The Morgan fingerprint density at radius 1 is 0.636 bits per heavy atom. The smallest absolute Gasteiger partial charge is 0.267 e. The van der Waals surface area contributed by atoms with Crippen molar-refractivity contribution < 1.29 is 0 Å². The van der Waals surface area contributed by atoms with Crippen molar-refractivity contribution >= 4 is 21.5 Å². The van der Waals surface area contributed by atoms with Crippen LogP contribution in [0.15, 0.2) is 70.5 Å². The number of aromatic nitrogens is 4. The standard InChI is InChI=1S/2C8H6N2O/c2*11-8-7-4-2-1-3-6(7)5-9-10-8/h2*1-5H,(H,10,11). The number of hydrogen-bond acceptors (Lipinski definition) is 4. The van der Waals surface area contributed by atoms with Crippen LogP contribution < -0.4 is 11.1 Å². The molecular formula is C16H12N4O2. The Kier molecular flexibility index (Phi) is 3.74. The van der Waals surface area contributed by atoms with Gasteiger partial charge in [0.05, 0.1) is 12.4 Å². The average molecular weight is 292 g/mol. The predicted octanol–water partition coefficient (Wildman–Crippen LogP) is 1.85. The number of fused-ring (bicyclic) bond motifs is 2. The third-order valence-electron chi connectivity index (χ3n) is 3.15. The highest BCUT2D eigenvalue weighted by atomic mass is 16.1. The van der Waals surface area contributed by atoms with Crippen molar-refractivity contribution in [1.29, 1.82) is 0 Å². The summed E-state index contributed by atoms with van der Waals surface area (Å²) in [5, 5.41) is 15.2. The van der Waals surface area contributed by atoms with Gasteiger partial charge in [0.1, 0.15) is 0 Å². The molecule has 22 heavy (non-hydrogen) atoms. The molecule has 4 rings (SSSR count). The minimum atomic E-state index is -0.136. The SMILES string of the molecule is O=c1[nH]ncc2ccccc12.O=c1[nH]ncc2ccccc12. The highest BCUT2D eigenvalue weighted by molar-refractivity contribution is 5.80. The average Bonchev–Trinajstić information content (AvgIpc) is 2.57. The van der Waals surface area contributed by atoms with Crippen molar-refractivity contribution in [3.63, 3.8) is 0 Å². The third kappa shape index (κ3) is 2.76. The number of H-pyrrole nitrogens is 2. The molecule has 0 saturated heterocycles. The summed E-state index contributed by atoms with van der Waals surface area (Å²) in [7, 11) is 0. The fourth-order valence-corrected chi connectivity index (χ4v) is 2.07. The minimum Gasteiger partial charge on any atom is -0.267 e. The molecule has 0 aliphatic carbocycles. The molecule has 0 saturated carbocycles. The maximum Gasteiger partial charge on any atom is 0.272 e. The summed E-state index contributed by atoms with van der Waals surface area (Å²) >= 11 is 0. The summed E-state index contributed by atoms with van der Waals surface area (Å²) in [5.41, 5.74) is -0.272. The molecule has 0 fully saturated rings. The van der Waals surface area contributed by atoms with Crippen molar-refractivity contribution in [3.8, 4) is 0 Å². The molecule has 2 aromatic carbocycles. The van der Waals surface area contributed by atoms with E-state index in [1.54, 1.807) is 24.5 Å². The maximum atomic E-state index is 11.1. The lowest BCUT2D eigenvalue weighted by molar-refractivity contribution is 1.01. The third-order valence-corrected chi connectivity index (χ3v) is 3.15. The summed E-state index contributed by atoms with van der Waals surface area (Å²) in [5.74, 6) is 0. The van der Waals surface area contributed by atoms with Gasteiger partial charge in [0.2, 0.25) is 0 Å². The zero-order valence-corrected chi connectivity index (χ0v) is 11.5. The van der Waals surface area contributed by atoms with E-state index >= 15 is 0 Å². The Bertz CT molecular complexity index is 941. The van der Waals surface area contributed by atoms with Crippen LogP contribution >= 0.6 is 0 Å². The molecule has 4 aromatic rings. The molecule has 0 unspecified atom stereocenters. The molecule has 2 heterocycles. The number of rotatable bonds is 0. The van der Waals surface area contributed by atoms with Crippen LogP contribution in [0, 0.1) is 0 Å². The number of benzene rings is 2. The van der Waals surface area contributed by atoms with Crippen molar-refractivity contribution in [1.82, 2.24) is 20.4 Å². The largest absolute Gasteiger partial charge is 0.272 e. The molecule has 0 aliphatic rings. The van der Waals surface area contributed by atoms with Crippen LogP contribution in [0.25, 0.3) is 21.5 Å². The molecule has 2 aromatic heterocycles. The van der Waals surface area contributed by atoms with E-state index in [4.69, 9.17) is 0 Å². The van der Waals surface area contributed by atoms with Gasteiger partial charge < -0.3 is 0 Å². The molecular weight excluding hydrogens is 280 g/mol. The van der Waals surface area contributed by atoms with E-state index in [0.717, 1.165) is 10.8 Å². The van der Waals surface area contributed by atoms with Crippen LogP contribution in [0.2, 0.25) is 0 Å². The first kappa shape index (κ1) is 13.7. The van der Waals surface area contributed by atoms with Crippen molar-refractivity contribution in [2.45, 2.75) is 0 Å². The monoisotopic (exact) mass is 292 g/mol. The van der Waals surface area contributed by atoms with Gasteiger partial charge in [-0.3, -0.25) is 9.59 Å². The Morgan fingerprint density at radius 3 is 1.45 bits per heavy atom. The number of aromatic amines is 2. The molecule has 6 heteroatoms. The summed E-state index contributed by atoms with van der Waals surface area (Å²) in [6.07, 6.45) is 3.27. The molecule has 0 atom stereocenters. The number of nitrogens with zero attached hydrogens (tertiary/aromatic N) is 2. The van der Waals surface area contributed by atoms with Crippen LogP contribution in [0.3, 0.4) is 0 Å². The summed E-state index contributed by atoms with van der Waals surface area (Å²) in [6.45, 7) is 0. The van der Waals surface area contributed by atoms with E-state index in [1.807, 2.05) is 36.4 Å². The molecule has 2 N–H and O–H groups in total. The molecule has 0 bridgehead atoms. The van der Waals surface area contributed by atoms with E-state index < -0.39 is 0 Å². The van der Waals surface area contributed by atoms with Crippen LogP contribution in [0.1, 0.15) is 0 Å². The van der Waals surface area contributed by atoms with Gasteiger partial charge >= 0.3 is 0 Å². The fourth-order valence-electron chi connectivity index (χ4n) is 2.07. The quantitative estimate of drug-likeness (QED) is 0.517. The minimum absolute atomic E-state index is 0.136.